The molecule has 1 fully saturated rings. The van der Waals surface area contributed by atoms with Crippen molar-refractivity contribution in [1.29, 1.82) is 0 Å². The van der Waals surface area contributed by atoms with Gasteiger partial charge >= 0.3 is 12.2 Å². The lowest BCUT2D eigenvalue weighted by Gasteiger charge is -2.36. The van der Waals surface area contributed by atoms with Crippen LogP contribution in [-0.4, -0.2) is 40.2 Å². The van der Waals surface area contributed by atoms with Crippen LogP contribution in [0.2, 0.25) is 0 Å². The second-order valence-electron chi connectivity index (χ2n) is 2.59. The normalized spacial score (nSPS) is 33.6. The molecule has 0 aromatic rings. The number of aliphatic hydroxyl groups is 2. The molecule has 1 aliphatic heterocycles. The Balaban J connectivity index is 3.08. The first kappa shape index (κ1) is 10.7. The molecule has 0 aromatic heterocycles. The summed E-state index contributed by atoms with van der Waals surface area (Å²) in [6.45, 7) is 0. The molecule has 9 heteroatoms. The molecule has 3 amide bonds. The number of alkyl halides is 3. The number of rotatable bonds is 0. The fourth-order valence-corrected chi connectivity index (χ4v) is 0.871. The van der Waals surface area contributed by atoms with Gasteiger partial charge in [-0.15, -0.1) is 0 Å². The van der Waals surface area contributed by atoms with Crippen LogP contribution in [0.4, 0.5) is 18.0 Å². The van der Waals surface area contributed by atoms with Gasteiger partial charge in [-0.2, -0.15) is 13.2 Å². The van der Waals surface area contributed by atoms with Crippen LogP contribution in [0.3, 0.4) is 0 Å². The first-order valence-electron chi connectivity index (χ1n) is 3.28. The summed E-state index contributed by atoms with van der Waals surface area (Å²) in [5.74, 6) is -2.01. The molecule has 1 heterocycles. The Labute approximate surface area is 74.7 Å². The highest BCUT2D eigenvalue weighted by molar-refractivity contribution is 6.02. The molecule has 0 aliphatic carbocycles. The van der Waals surface area contributed by atoms with Gasteiger partial charge < -0.3 is 15.5 Å². The van der Waals surface area contributed by atoms with E-state index in [0.29, 0.717) is 0 Å². The molecule has 1 rings (SSSR count). The standard InChI is InChI=1S/C5H5F3N2O4/c6-5(7,8)4(14)1(11)9-3(13)10-2(4)12/h1,11,14H,(H2,9,10,12,13). The van der Waals surface area contributed by atoms with E-state index in [1.54, 1.807) is 0 Å². The molecule has 0 bridgehead atoms. The number of hydrogen-bond acceptors (Lipinski definition) is 4. The quantitative estimate of drug-likeness (QED) is 0.392. The summed E-state index contributed by atoms with van der Waals surface area (Å²) >= 11 is 0. The van der Waals surface area contributed by atoms with Crippen LogP contribution in [0.25, 0.3) is 0 Å². The van der Waals surface area contributed by atoms with Gasteiger partial charge in [-0.25, -0.2) is 4.79 Å². The lowest BCUT2D eigenvalue weighted by molar-refractivity contribution is -0.282. The molecular formula is C5H5F3N2O4. The predicted molar refractivity (Wildman–Crippen MR) is 33.7 cm³/mol. The summed E-state index contributed by atoms with van der Waals surface area (Å²) in [7, 11) is 0. The van der Waals surface area contributed by atoms with Gasteiger partial charge in [-0.05, 0) is 0 Å². The Kier molecular flexibility index (Phi) is 2.16. The van der Waals surface area contributed by atoms with E-state index in [4.69, 9.17) is 10.2 Å². The second kappa shape index (κ2) is 2.82. The highest BCUT2D eigenvalue weighted by atomic mass is 19.4. The van der Waals surface area contributed by atoms with Crippen molar-refractivity contribution in [2.45, 2.75) is 18.0 Å². The number of carbonyl (C=O) groups excluding carboxylic acids is 2. The van der Waals surface area contributed by atoms with Gasteiger partial charge in [0.1, 0.15) is 0 Å². The van der Waals surface area contributed by atoms with E-state index in [-0.39, 0.29) is 0 Å². The van der Waals surface area contributed by atoms with E-state index in [0.717, 1.165) is 0 Å². The van der Waals surface area contributed by atoms with Crippen LogP contribution in [0, 0.1) is 0 Å². The highest BCUT2D eigenvalue weighted by Gasteiger charge is 2.66. The highest BCUT2D eigenvalue weighted by Crippen LogP contribution is 2.33. The number of carbonyl (C=O) groups is 2. The van der Waals surface area contributed by atoms with Crippen LogP contribution >= 0.6 is 0 Å². The molecule has 6 nitrogen and oxygen atoms in total. The van der Waals surface area contributed by atoms with Crippen LogP contribution in [0.5, 0.6) is 0 Å². The molecule has 0 aromatic carbocycles. The summed E-state index contributed by atoms with van der Waals surface area (Å²) in [6, 6.07) is -1.31. The molecular weight excluding hydrogens is 209 g/mol. The number of aliphatic hydroxyl groups excluding tert-OH is 1. The topological polar surface area (TPSA) is 98.7 Å². The number of hydrogen-bond donors (Lipinski definition) is 4. The summed E-state index contributed by atoms with van der Waals surface area (Å²) < 4.78 is 36.4. The van der Waals surface area contributed by atoms with E-state index in [2.05, 4.69) is 0 Å². The van der Waals surface area contributed by atoms with Crippen molar-refractivity contribution in [1.82, 2.24) is 10.6 Å². The fraction of sp³-hybridized carbons (Fsp3) is 0.600. The Hall–Kier alpha value is -1.35. The molecule has 4 N–H and O–H groups in total. The van der Waals surface area contributed by atoms with E-state index < -0.39 is 29.9 Å². The van der Waals surface area contributed by atoms with Crippen LogP contribution in [-0.2, 0) is 4.79 Å². The molecule has 2 unspecified atom stereocenters. The second-order valence-corrected chi connectivity index (χ2v) is 2.59. The van der Waals surface area contributed by atoms with Crippen molar-refractivity contribution in [2.24, 2.45) is 0 Å². The Morgan fingerprint density at radius 3 is 2.21 bits per heavy atom. The smallest absolute Gasteiger partial charge is 0.370 e. The largest absolute Gasteiger partial charge is 0.430 e. The Morgan fingerprint density at radius 2 is 1.86 bits per heavy atom. The third kappa shape index (κ3) is 1.30. The first-order valence-corrected chi connectivity index (χ1v) is 3.28. The summed E-state index contributed by atoms with van der Waals surface area (Å²) in [5.41, 5.74) is -4.01. The van der Waals surface area contributed by atoms with E-state index in [1.807, 2.05) is 0 Å². The van der Waals surface area contributed by atoms with E-state index in [9.17, 15) is 22.8 Å². The average Bonchev–Trinajstić information content (AvgIpc) is 1.97. The maximum atomic E-state index is 12.1. The molecule has 0 spiro atoms. The van der Waals surface area contributed by atoms with Crippen LogP contribution in [0.15, 0.2) is 0 Å². The van der Waals surface area contributed by atoms with Crippen molar-refractivity contribution in [3.05, 3.63) is 0 Å². The number of nitrogens with one attached hydrogen (secondary N) is 2. The third-order valence-corrected chi connectivity index (χ3v) is 1.67. The number of imide groups is 1. The minimum atomic E-state index is -5.38. The van der Waals surface area contributed by atoms with Gasteiger partial charge in [-0.3, -0.25) is 10.1 Å². The van der Waals surface area contributed by atoms with Gasteiger partial charge in [0.15, 0.2) is 6.23 Å². The zero-order chi connectivity index (χ0) is 11.1. The van der Waals surface area contributed by atoms with Crippen molar-refractivity contribution in [3.63, 3.8) is 0 Å². The van der Waals surface area contributed by atoms with E-state index >= 15 is 0 Å². The lowest BCUT2D eigenvalue weighted by Crippen LogP contribution is -2.74. The molecule has 0 saturated carbocycles. The Morgan fingerprint density at radius 1 is 1.36 bits per heavy atom. The molecule has 0 radical (unpaired) electrons. The monoisotopic (exact) mass is 214 g/mol. The van der Waals surface area contributed by atoms with Crippen molar-refractivity contribution in [3.8, 4) is 0 Å². The van der Waals surface area contributed by atoms with Gasteiger partial charge in [0.25, 0.3) is 11.5 Å². The zero-order valence-electron chi connectivity index (χ0n) is 6.42. The van der Waals surface area contributed by atoms with Gasteiger partial charge in [-0.1, -0.05) is 0 Å². The van der Waals surface area contributed by atoms with Crippen molar-refractivity contribution in [2.75, 3.05) is 0 Å². The van der Waals surface area contributed by atoms with Gasteiger partial charge in [0.05, 0.1) is 0 Å². The van der Waals surface area contributed by atoms with Crippen molar-refractivity contribution < 1.29 is 33.0 Å². The molecule has 14 heavy (non-hydrogen) atoms. The third-order valence-electron chi connectivity index (χ3n) is 1.67. The molecule has 1 saturated heterocycles. The summed E-state index contributed by atoms with van der Waals surface area (Å²) in [6.07, 6.45) is -8.10. The Bertz CT molecular complexity index is 291. The predicted octanol–water partition coefficient (Wildman–Crippen LogP) is -1.56. The van der Waals surface area contributed by atoms with Gasteiger partial charge in [0.2, 0.25) is 0 Å². The number of amides is 3. The zero-order valence-corrected chi connectivity index (χ0v) is 6.42. The maximum Gasteiger partial charge on any atom is 0.430 e. The van der Waals surface area contributed by atoms with Gasteiger partial charge in [0, 0.05) is 0 Å². The minimum Gasteiger partial charge on any atom is -0.370 e. The number of halogens is 3. The molecule has 80 valence electrons. The first-order chi connectivity index (χ1) is 6.19. The summed E-state index contributed by atoms with van der Waals surface area (Å²) in [4.78, 5) is 21.1. The van der Waals surface area contributed by atoms with Crippen LogP contribution in [0.1, 0.15) is 0 Å². The summed E-state index contributed by atoms with van der Waals surface area (Å²) in [5, 5.41) is 20.1. The average molecular weight is 214 g/mol. The SMILES string of the molecule is O=C1NC(=O)C(O)(C(F)(F)F)C(O)N1. The molecule has 2 atom stereocenters. The fourth-order valence-electron chi connectivity index (χ4n) is 0.871. The molecule has 1 aliphatic rings. The number of urea groups is 1. The maximum absolute atomic E-state index is 12.1. The van der Waals surface area contributed by atoms with Crippen LogP contribution < -0.4 is 10.6 Å². The minimum absolute atomic E-state index is 1.19. The van der Waals surface area contributed by atoms with E-state index in [1.165, 1.54) is 10.6 Å². The lowest BCUT2D eigenvalue weighted by atomic mass is 9.98. The van der Waals surface area contributed by atoms with Crippen molar-refractivity contribution >= 4 is 11.9 Å².